The van der Waals surface area contributed by atoms with Gasteiger partial charge < -0.3 is 25.1 Å². The lowest BCUT2D eigenvalue weighted by atomic mass is 9.93. The fourth-order valence-electron chi connectivity index (χ4n) is 3.44. The Morgan fingerprint density at radius 3 is 2.30 bits per heavy atom. The Labute approximate surface area is 196 Å². The van der Waals surface area contributed by atoms with Crippen molar-refractivity contribution in [1.82, 2.24) is 0 Å². The van der Waals surface area contributed by atoms with Gasteiger partial charge >= 0.3 is 0 Å². The van der Waals surface area contributed by atoms with Crippen LogP contribution in [0, 0.1) is 11.3 Å². The first-order chi connectivity index (χ1) is 15.4. The largest absolute Gasteiger partial charge is 0.457 e. The molecule has 7 nitrogen and oxygen atoms in total. The van der Waals surface area contributed by atoms with E-state index in [9.17, 15) is 15.0 Å². The van der Waals surface area contributed by atoms with E-state index in [0.717, 1.165) is 5.56 Å². The summed E-state index contributed by atoms with van der Waals surface area (Å²) in [6.45, 7) is -0.645. The number of ether oxygens (including phenoxy) is 1. The molecule has 0 spiro atoms. The fourth-order valence-corrected chi connectivity index (χ4v) is 3.44. The van der Waals surface area contributed by atoms with Gasteiger partial charge in [0.1, 0.15) is 22.7 Å². The van der Waals surface area contributed by atoms with Crippen molar-refractivity contribution in [2.75, 3.05) is 13.2 Å². The van der Waals surface area contributed by atoms with E-state index < -0.39 is 5.54 Å². The molecule has 4 rings (SSSR count). The monoisotopic (exact) mass is 466 g/mol. The number of rotatable bonds is 7. The van der Waals surface area contributed by atoms with Gasteiger partial charge in [-0.1, -0.05) is 6.07 Å². The number of aliphatic hydroxyl groups is 2. The summed E-state index contributed by atoms with van der Waals surface area (Å²) in [6.07, 6.45) is 0.878. The number of nitrogens with zero attached hydrogens (tertiary/aromatic N) is 1. The third-order valence-electron chi connectivity index (χ3n) is 5.47. The molecular weight excluding hydrogens is 444 g/mol. The smallest absolute Gasteiger partial charge is 0.200 e. The van der Waals surface area contributed by atoms with Gasteiger partial charge in [0.05, 0.1) is 41.2 Å². The van der Waals surface area contributed by atoms with Gasteiger partial charge in [-0.15, -0.1) is 12.4 Å². The number of hydrogen-bond acceptors (Lipinski definition) is 7. The fraction of sp³-hybridized carbons (Fsp3) is 0.200. The minimum absolute atomic E-state index is 0. The average molecular weight is 467 g/mol. The highest BCUT2D eigenvalue weighted by Crippen LogP contribution is 2.27. The number of nitrogens with two attached hydrogens (primary N) is 1. The summed E-state index contributed by atoms with van der Waals surface area (Å²) in [5.41, 5.74) is 6.98. The first kappa shape index (κ1) is 24.2. The van der Waals surface area contributed by atoms with Crippen molar-refractivity contribution < 1.29 is 19.4 Å². The van der Waals surface area contributed by atoms with E-state index in [1.807, 2.05) is 6.07 Å². The van der Waals surface area contributed by atoms with Gasteiger partial charge in [0, 0.05) is 6.07 Å². The molecule has 8 heteroatoms. The highest BCUT2D eigenvalue weighted by atomic mass is 35.5. The maximum Gasteiger partial charge on any atom is 0.200 e. The van der Waals surface area contributed by atoms with Crippen molar-refractivity contribution in [1.29, 1.82) is 5.26 Å². The number of nitriles is 1. The topological polar surface area (TPSA) is 130 Å². The van der Waals surface area contributed by atoms with Crippen molar-refractivity contribution in [3.8, 4) is 17.6 Å². The highest BCUT2D eigenvalue weighted by Gasteiger charge is 2.22. The molecule has 0 atom stereocenters. The number of aryl methyl sites for hydroxylation is 1. The standard InChI is InChI=1S/C25H22N2O5.ClH/c26-13-17-1-4-18(5-2-17)31-19-6-7-20-23(12-19)32-22-8-3-16(11-21(22)24(20)30)9-10-25(27,14-28)15-29;/h1-8,11-12,28-29H,9-10,14-15,27H2;1H. The molecule has 0 unspecified atom stereocenters. The lowest BCUT2D eigenvalue weighted by Crippen LogP contribution is -2.47. The molecule has 170 valence electrons. The maximum absolute atomic E-state index is 13.1. The summed E-state index contributed by atoms with van der Waals surface area (Å²) in [6, 6.07) is 19.1. The van der Waals surface area contributed by atoms with Crippen LogP contribution in [0.3, 0.4) is 0 Å². The van der Waals surface area contributed by atoms with Crippen molar-refractivity contribution in [2.45, 2.75) is 18.4 Å². The van der Waals surface area contributed by atoms with E-state index >= 15 is 0 Å². The van der Waals surface area contributed by atoms with Gasteiger partial charge in [0.25, 0.3) is 0 Å². The van der Waals surface area contributed by atoms with Crippen molar-refractivity contribution in [3.63, 3.8) is 0 Å². The summed E-state index contributed by atoms with van der Waals surface area (Å²) in [7, 11) is 0. The zero-order valence-electron chi connectivity index (χ0n) is 17.7. The summed E-state index contributed by atoms with van der Waals surface area (Å²) in [5.74, 6) is 1.08. The van der Waals surface area contributed by atoms with Crippen LogP contribution in [0.4, 0.5) is 0 Å². The molecule has 1 heterocycles. The van der Waals surface area contributed by atoms with Gasteiger partial charge in [0.2, 0.25) is 5.43 Å². The lowest BCUT2D eigenvalue weighted by Gasteiger charge is -2.24. The van der Waals surface area contributed by atoms with Crippen LogP contribution in [0.15, 0.2) is 69.9 Å². The zero-order valence-corrected chi connectivity index (χ0v) is 18.5. The zero-order chi connectivity index (χ0) is 22.7. The SMILES string of the molecule is Cl.N#Cc1ccc(Oc2ccc3c(=O)c4cc(CCC(N)(CO)CO)ccc4oc3c2)cc1. The van der Waals surface area contributed by atoms with E-state index in [4.69, 9.17) is 20.1 Å². The second kappa shape index (κ2) is 10.0. The van der Waals surface area contributed by atoms with Crippen LogP contribution in [0.25, 0.3) is 21.9 Å². The molecule has 0 aliphatic carbocycles. The second-order valence-corrected chi connectivity index (χ2v) is 7.84. The number of hydrogen-bond donors (Lipinski definition) is 3. The molecule has 0 radical (unpaired) electrons. The first-order valence-corrected chi connectivity index (χ1v) is 10.1. The predicted molar refractivity (Wildman–Crippen MR) is 128 cm³/mol. The van der Waals surface area contributed by atoms with Crippen LogP contribution < -0.4 is 15.9 Å². The summed E-state index contributed by atoms with van der Waals surface area (Å²) < 4.78 is 11.8. The Balaban J connectivity index is 0.00000306. The van der Waals surface area contributed by atoms with E-state index in [2.05, 4.69) is 6.07 Å². The molecule has 0 saturated heterocycles. The number of benzene rings is 3. The van der Waals surface area contributed by atoms with Crippen LogP contribution in [-0.4, -0.2) is 29.0 Å². The van der Waals surface area contributed by atoms with Crippen LogP contribution >= 0.6 is 12.4 Å². The molecule has 0 bridgehead atoms. The van der Waals surface area contributed by atoms with Crippen LogP contribution in [0.2, 0.25) is 0 Å². The Hall–Kier alpha value is -3.41. The normalized spacial score (nSPS) is 11.2. The van der Waals surface area contributed by atoms with Gasteiger partial charge in [-0.3, -0.25) is 4.79 Å². The molecule has 1 aromatic heterocycles. The molecule has 4 aromatic rings. The van der Waals surface area contributed by atoms with Gasteiger partial charge in [-0.05, 0) is 66.9 Å². The minimum Gasteiger partial charge on any atom is -0.457 e. The summed E-state index contributed by atoms with van der Waals surface area (Å²) >= 11 is 0. The van der Waals surface area contributed by atoms with Crippen molar-refractivity contribution >= 4 is 34.3 Å². The summed E-state index contributed by atoms with van der Waals surface area (Å²) in [4.78, 5) is 13.1. The van der Waals surface area contributed by atoms with Crippen molar-refractivity contribution in [2.24, 2.45) is 5.73 Å². The van der Waals surface area contributed by atoms with Crippen LogP contribution in [0.5, 0.6) is 11.5 Å². The Bertz CT molecular complexity index is 1370. The predicted octanol–water partition coefficient (Wildman–Crippen LogP) is 3.65. The minimum atomic E-state index is -1.06. The Morgan fingerprint density at radius 1 is 0.939 bits per heavy atom. The lowest BCUT2D eigenvalue weighted by molar-refractivity contribution is 0.115. The van der Waals surface area contributed by atoms with Gasteiger partial charge in [-0.25, -0.2) is 0 Å². The quantitative estimate of drug-likeness (QED) is 0.354. The maximum atomic E-state index is 13.1. The van der Waals surface area contributed by atoms with Gasteiger partial charge in [0.15, 0.2) is 0 Å². The second-order valence-electron chi connectivity index (χ2n) is 7.84. The Morgan fingerprint density at radius 2 is 1.64 bits per heavy atom. The highest BCUT2D eigenvalue weighted by molar-refractivity contribution is 5.90. The molecular formula is C25H23ClN2O5. The third-order valence-corrected chi connectivity index (χ3v) is 5.47. The van der Waals surface area contributed by atoms with E-state index in [0.29, 0.717) is 51.8 Å². The third kappa shape index (κ3) is 5.16. The molecule has 0 amide bonds. The molecule has 33 heavy (non-hydrogen) atoms. The van der Waals surface area contributed by atoms with Crippen molar-refractivity contribution in [3.05, 3.63) is 82.0 Å². The molecule has 0 fully saturated rings. The number of aliphatic hydroxyl groups excluding tert-OH is 2. The van der Waals surface area contributed by atoms with E-state index in [1.54, 1.807) is 54.6 Å². The van der Waals surface area contributed by atoms with E-state index in [1.165, 1.54) is 0 Å². The molecule has 4 N–H and O–H groups in total. The molecule has 0 aliphatic heterocycles. The molecule has 0 aliphatic rings. The van der Waals surface area contributed by atoms with Crippen LogP contribution in [-0.2, 0) is 6.42 Å². The average Bonchev–Trinajstić information content (AvgIpc) is 2.83. The number of halogens is 1. The molecule has 0 saturated carbocycles. The van der Waals surface area contributed by atoms with Crippen LogP contribution in [0.1, 0.15) is 17.5 Å². The Kier molecular flexibility index (Phi) is 7.36. The number of fused-ring (bicyclic) bond motifs is 2. The molecule has 3 aromatic carbocycles. The van der Waals surface area contributed by atoms with E-state index in [-0.39, 0.29) is 31.0 Å². The summed E-state index contributed by atoms with van der Waals surface area (Å²) in [5, 5.41) is 28.5. The first-order valence-electron chi connectivity index (χ1n) is 10.1. The van der Waals surface area contributed by atoms with Gasteiger partial charge in [-0.2, -0.15) is 5.26 Å².